The third-order valence-corrected chi connectivity index (χ3v) is 6.00. The summed E-state index contributed by atoms with van der Waals surface area (Å²) in [4.78, 5) is 15.9. The standard InChI is InChI=1S/C26H29NO3/c1-4-27-24-10-8-7-9-23(24)26(25(27)28,19-11-15-21(16-12-19)29-5-2)20-13-17-22(18-14-20)30-6-3/h7-13,15-17H,4-6,14,18H2,1-3H3. The lowest BCUT2D eigenvalue weighted by Gasteiger charge is -2.34. The number of nitrogens with zero attached hydrogens (tertiary/aromatic N) is 1. The second-order valence-electron chi connectivity index (χ2n) is 7.53. The van der Waals surface area contributed by atoms with Gasteiger partial charge in [0, 0.05) is 18.7 Å². The van der Waals surface area contributed by atoms with Crippen LogP contribution < -0.4 is 9.64 Å². The third-order valence-electron chi connectivity index (χ3n) is 6.00. The molecule has 2 aromatic rings. The first kappa shape index (κ1) is 20.3. The lowest BCUT2D eigenvalue weighted by molar-refractivity contribution is -0.120. The van der Waals surface area contributed by atoms with Crippen molar-refractivity contribution in [1.29, 1.82) is 0 Å². The third kappa shape index (κ3) is 3.11. The summed E-state index contributed by atoms with van der Waals surface area (Å²) in [6.07, 6.45) is 5.72. The van der Waals surface area contributed by atoms with Crippen LogP contribution in [0.3, 0.4) is 0 Å². The van der Waals surface area contributed by atoms with Gasteiger partial charge in [-0.15, -0.1) is 0 Å². The minimum absolute atomic E-state index is 0.120. The molecule has 0 saturated carbocycles. The van der Waals surface area contributed by atoms with Crippen molar-refractivity contribution < 1.29 is 14.3 Å². The molecule has 1 unspecified atom stereocenters. The Morgan fingerprint density at radius 2 is 1.63 bits per heavy atom. The number of fused-ring (bicyclic) bond motifs is 1. The van der Waals surface area contributed by atoms with E-state index in [2.05, 4.69) is 18.2 Å². The number of hydrogen-bond acceptors (Lipinski definition) is 3. The van der Waals surface area contributed by atoms with Crippen molar-refractivity contribution in [1.82, 2.24) is 0 Å². The molecular weight excluding hydrogens is 374 g/mol. The van der Waals surface area contributed by atoms with Gasteiger partial charge in [-0.1, -0.05) is 36.4 Å². The van der Waals surface area contributed by atoms with E-state index in [-0.39, 0.29) is 5.91 Å². The number of para-hydroxylation sites is 1. The van der Waals surface area contributed by atoms with Gasteiger partial charge in [-0.3, -0.25) is 4.79 Å². The molecule has 0 saturated heterocycles. The van der Waals surface area contributed by atoms with Crippen molar-refractivity contribution in [3.63, 3.8) is 0 Å². The molecule has 2 aromatic carbocycles. The number of hydrogen-bond donors (Lipinski definition) is 0. The summed E-state index contributed by atoms with van der Waals surface area (Å²) < 4.78 is 11.4. The van der Waals surface area contributed by atoms with Gasteiger partial charge in [-0.05, 0) is 68.2 Å². The minimum atomic E-state index is -0.814. The highest BCUT2D eigenvalue weighted by Gasteiger charge is 2.53. The van der Waals surface area contributed by atoms with E-state index in [1.165, 1.54) is 0 Å². The number of carbonyl (C=O) groups excluding carboxylic acids is 1. The predicted octanol–water partition coefficient (Wildman–Crippen LogP) is 5.38. The molecule has 0 bridgehead atoms. The molecule has 0 spiro atoms. The smallest absolute Gasteiger partial charge is 0.246 e. The van der Waals surface area contributed by atoms with Crippen molar-refractivity contribution in [3.8, 4) is 5.75 Å². The van der Waals surface area contributed by atoms with E-state index >= 15 is 0 Å². The molecule has 4 rings (SSSR count). The molecule has 0 N–H and O–H groups in total. The largest absolute Gasteiger partial charge is 0.498 e. The highest BCUT2D eigenvalue weighted by molar-refractivity contribution is 6.13. The Bertz CT molecular complexity index is 990. The maximum absolute atomic E-state index is 14.0. The number of likely N-dealkylation sites (N-methyl/N-ethyl adjacent to an activating group) is 1. The zero-order valence-electron chi connectivity index (χ0n) is 18.0. The molecule has 4 nitrogen and oxygen atoms in total. The number of anilines is 1. The van der Waals surface area contributed by atoms with Crippen LogP contribution >= 0.6 is 0 Å². The summed E-state index contributed by atoms with van der Waals surface area (Å²) in [5.41, 5.74) is 3.34. The highest BCUT2D eigenvalue weighted by Crippen LogP contribution is 2.52. The SMILES string of the molecule is CCOC1=CC=C(C2(c3ccc(OCC)cc3)C(=O)N(CC)c3ccccc32)CC1. The number of ether oxygens (including phenoxy) is 2. The number of benzene rings is 2. The first-order valence-electron chi connectivity index (χ1n) is 10.8. The summed E-state index contributed by atoms with van der Waals surface area (Å²) in [6, 6.07) is 16.2. The van der Waals surface area contributed by atoms with Crippen LogP contribution in [0.25, 0.3) is 0 Å². The van der Waals surface area contributed by atoms with Crippen molar-refractivity contribution >= 4 is 11.6 Å². The molecule has 1 atom stereocenters. The Balaban J connectivity index is 1.92. The number of allylic oxidation sites excluding steroid dienone is 3. The summed E-state index contributed by atoms with van der Waals surface area (Å²) in [5.74, 6) is 1.92. The van der Waals surface area contributed by atoms with Crippen LogP contribution in [0.4, 0.5) is 5.69 Å². The van der Waals surface area contributed by atoms with E-state index in [9.17, 15) is 4.79 Å². The Labute approximate surface area is 178 Å². The van der Waals surface area contributed by atoms with Crippen LogP contribution in [0.15, 0.2) is 72.0 Å². The van der Waals surface area contributed by atoms with Gasteiger partial charge in [-0.2, -0.15) is 0 Å². The second kappa shape index (κ2) is 8.39. The molecule has 0 aromatic heterocycles. The van der Waals surface area contributed by atoms with E-state index in [1.54, 1.807) is 0 Å². The predicted molar refractivity (Wildman–Crippen MR) is 120 cm³/mol. The topological polar surface area (TPSA) is 38.8 Å². The van der Waals surface area contributed by atoms with Crippen LogP contribution in [0.2, 0.25) is 0 Å². The maximum Gasteiger partial charge on any atom is 0.246 e. The summed E-state index contributed by atoms with van der Waals surface area (Å²) >= 11 is 0. The van der Waals surface area contributed by atoms with Crippen LogP contribution in [0.5, 0.6) is 5.75 Å². The van der Waals surface area contributed by atoms with E-state index in [0.717, 1.165) is 46.7 Å². The Morgan fingerprint density at radius 3 is 2.27 bits per heavy atom. The van der Waals surface area contributed by atoms with Crippen LogP contribution in [0, 0.1) is 0 Å². The lowest BCUT2D eigenvalue weighted by Crippen LogP contribution is -2.43. The van der Waals surface area contributed by atoms with E-state index in [1.807, 2.05) is 68.1 Å². The minimum Gasteiger partial charge on any atom is -0.498 e. The molecule has 1 aliphatic heterocycles. The molecule has 30 heavy (non-hydrogen) atoms. The van der Waals surface area contributed by atoms with Gasteiger partial charge in [-0.25, -0.2) is 0 Å². The number of rotatable bonds is 7. The zero-order chi connectivity index (χ0) is 21.1. The molecule has 1 heterocycles. The molecule has 1 aliphatic carbocycles. The summed E-state index contributed by atoms with van der Waals surface area (Å²) in [5, 5.41) is 0. The van der Waals surface area contributed by atoms with Crippen molar-refractivity contribution in [2.24, 2.45) is 0 Å². The Morgan fingerprint density at radius 1 is 0.900 bits per heavy atom. The first-order valence-corrected chi connectivity index (χ1v) is 10.8. The van der Waals surface area contributed by atoms with Crippen LogP contribution in [-0.2, 0) is 14.9 Å². The molecule has 1 amide bonds. The van der Waals surface area contributed by atoms with Gasteiger partial charge < -0.3 is 14.4 Å². The molecule has 156 valence electrons. The zero-order valence-corrected chi connectivity index (χ0v) is 18.0. The fraction of sp³-hybridized carbons (Fsp3) is 0.346. The fourth-order valence-corrected chi connectivity index (χ4v) is 4.75. The van der Waals surface area contributed by atoms with Crippen molar-refractivity contribution in [2.75, 3.05) is 24.7 Å². The molecular formula is C26H29NO3. The normalized spacial score (nSPS) is 20.5. The Kier molecular flexibility index (Phi) is 5.67. The quantitative estimate of drug-likeness (QED) is 0.623. The number of amides is 1. The van der Waals surface area contributed by atoms with Crippen LogP contribution in [-0.4, -0.2) is 25.7 Å². The highest BCUT2D eigenvalue weighted by atomic mass is 16.5. The number of carbonyl (C=O) groups is 1. The molecule has 2 aliphatic rings. The van der Waals surface area contributed by atoms with Crippen molar-refractivity contribution in [2.45, 2.75) is 39.0 Å². The van der Waals surface area contributed by atoms with Gasteiger partial charge in [0.1, 0.15) is 11.2 Å². The molecule has 0 radical (unpaired) electrons. The summed E-state index contributed by atoms with van der Waals surface area (Å²) in [6.45, 7) is 7.92. The van der Waals surface area contributed by atoms with Gasteiger partial charge >= 0.3 is 0 Å². The van der Waals surface area contributed by atoms with E-state index < -0.39 is 5.41 Å². The maximum atomic E-state index is 14.0. The van der Waals surface area contributed by atoms with Gasteiger partial charge in [0.05, 0.1) is 19.0 Å². The van der Waals surface area contributed by atoms with Crippen LogP contribution in [0.1, 0.15) is 44.7 Å². The molecule has 4 heteroatoms. The Hall–Kier alpha value is -3.01. The molecule has 0 fully saturated rings. The average Bonchev–Trinajstić information content (AvgIpc) is 3.04. The first-order chi connectivity index (χ1) is 14.7. The summed E-state index contributed by atoms with van der Waals surface area (Å²) in [7, 11) is 0. The van der Waals surface area contributed by atoms with Gasteiger partial charge in [0.2, 0.25) is 5.91 Å². The fourth-order valence-electron chi connectivity index (χ4n) is 4.75. The second-order valence-corrected chi connectivity index (χ2v) is 7.53. The van der Waals surface area contributed by atoms with Gasteiger partial charge in [0.25, 0.3) is 0 Å². The average molecular weight is 404 g/mol. The van der Waals surface area contributed by atoms with Gasteiger partial charge in [0.15, 0.2) is 0 Å². The van der Waals surface area contributed by atoms with Crippen molar-refractivity contribution in [3.05, 3.63) is 83.1 Å². The van der Waals surface area contributed by atoms with E-state index in [4.69, 9.17) is 9.47 Å². The van der Waals surface area contributed by atoms with E-state index in [0.29, 0.717) is 19.8 Å². The monoisotopic (exact) mass is 403 g/mol. The lowest BCUT2D eigenvalue weighted by atomic mass is 9.67.